The Morgan fingerprint density at radius 1 is 1.29 bits per heavy atom. The van der Waals surface area contributed by atoms with Gasteiger partial charge in [0, 0.05) is 19.0 Å². The van der Waals surface area contributed by atoms with Crippen LogP contribution in [-0.4, -0.2) is 34.0 Å². The molecule has 1 saturated heterocycles. The number of hydrogen-bond donors (Lipinski definition) is 3. The second-order valence-electron chi connectivity index (χ2n) is 5.33. The lowest BCUT2D eigenvalue weighted by atomic mass is 10.1. The van der Waals surface area contributed by atoms with E-state index in [1.807, 2.05) is 24.3 Å². The van der Waals surface area contributed by atoms with Crippen molar-refractivity contribution < 1.29 is 18.9 Å². The van der Waals surface area contributed by atoms with Crippen LogP contribution in [0.4, 0.5) is 4.79 Å². The number of aryl methyl sites for hydroxylation is 1. The number of imide groups is 1. The van der Waals surface area contributed by atoms with Gasteiger partial charge in [-0.05, 0) is 5.56 Å². The van der Waals surface area contributed by atoms with Crippen LogP contribution in [0, 0.1) is 6.92 Å². The van der Waals surface area contributed by atoms with Gasteiger partial charge in [0.2, 0.25) is 17.6 Å². The summed E-state index contributed by atoms with van der Waals surface area (Å²) in [5.41, 5.74) is 1.69. The Morgan fingerprint density at radius 3 is 2.62 bits per heavy atom. The van der Waals surface area contributed by atoms with E-state index in [0.29, 0.717) is 18.3 Å². The lowest BCUT2D eigenvalue weighted by molar-refractivity contribution is -0.126. The fraction of sp³-hybridized carbons (Fsp3) is 0.267. The number of nitrogens with one attached hydrogen (secondary N) is 3. The van der Waals surface area contributed by atoms with Crippen LogP contribution < -0.4 is 16.0 Å². The minimum absolute atomic E-state index is 0.0994. The highest BCUT2D eigenvalue weighted by Gasteiger charge is 2.31. The van der Waals surface area contributed by atoms with Crippen molar-refractivity contribution in [1.82, 2.24) is 26.1 Å². The molecule has 0 bridgehead atoms. The Bertz CT molecular complexity index is 783. The van der Waals surface area contributed by atoms with Crippen LogP contribution in [0.15, 0.2) is 28.8 Å². The molecule has 1 aromatic carbocycles. The Hall–Kier alpha value is -3.23. The van der Waals surface area contributed by atoms with Gasteiger partial charge < -0.3 is 15.2 Å². The molecule has 2 aromatic rings. The number of aromatic nitrogens is 2. The van der Waals surface area contributed by atoms with E-state index < -0.39 is 18.0 Å². The van der Waals surface area contributed by atoms with Crippen LogP contribution in [0.1, 0.15) is 17.9 Å². The molecule has 1 unspecified atom stereocenters. The molecule has 3 N–H and O–H groups in total. The van der Waals surface area contributed by atoms with Crippen molar-refractivity contribution in [3.63, 3.8) is 0 Å². The summed E-state index contributed by atoms with van der Waals surface area (Å²) in [5.74, 6) is 0.181. The molecule has 124 valence electrons. The van der Waals surface area contributed by atoms with Crippen molar-refractivity contribution >= 4 is 17.8 Å². The van der Waals surface area contributed by atoms with E-state index in [-0.39, 0.29) is 12.3 Å². The average Bonchev–Trinajstić information content (AvgIpc) is 3.11. The molecule has 3 rings (SSSR count). The van der Waals surface area contributed by atoms with Gasteiger partial charge in [-0.3, -0.25) is 14.9 Å². The molecule has 1 aromatic heterocycles. The summed E-state index contributed by atoms with van der Waals surface area (Å²) < 4.78 is 4.93. The van der Waals surface area contributed by atoms with Crippen LogP contribution in [0.2, 0.25) is 0 Å². The molecule has 24 heavy (non-hydrogen) atoms. The standard InChI is InChI=1S/C15H15N5O4/c1-8-17-13(20-24-8)10-4-2-9(3-5-10)7-16-12(21)6-11-14(22)19-15(23)18-11/h2-5,11H,6-7H2,1H3,(H,16,21)(H2,18,19,22,23). The van der Waals surface area contributed by atoms with Gasteiger partial charge in [0.1, 0.15) is 6.04 Å². The molecule has 2 heterocycles. The Labute approximate surface area is 136 Å². The maximum Gasteiger partial charge on any atom is 0.322 e. The van der Waals surface area contributed by atoms with Crippen molar-refractivity contribution in [3.05, 3.63) is 35.7 Å². The number of amides is 4. The second kappa shape index (κ2) is 6.49. The molecule has 1 aliphatic rings. The van der Waals surface area contributed by atoms with Gasteiger partial charge in [-0.1, -0.05) is 29.4 Å². The van der Waals surface area contributed by atoms with E-state index in [4.69, 9.17) is 4.52 Å². The number of carbonyl (C=O) groups excluding carboxylic acids is 3. The van der Waals surface area contributed by atoms with Crippen LogP contribution in [-0.2, 0) is 16.1 Å². The Kier molecular flexibility index (Phi) is 4.23. The third kappa shape index (κ3) is 3.57. The van der Waals surface area contributed by atoms with E-state index in [1.165, 1.54) is 0 Å². The van der Waals surface area contributed by atoms with E-state index in [9.17, 15) is 14.4 Å². The summed E-state index contributed by atoms with van der Waals surface area (Å²) in [6.45, 7) is 2.03. The third-order valence-corrected chi connectivity index (χ3v) is 3.48. The van der Waals surface area contributed by atoms with E-state index in [1.54, 1.807) is 6.92 Å². The zero-order chi connectivity index (χ0) is 17.1. The van der Waals surface area contributed by atoms with Gasteiger partial charge >= 0.3 is 6.03 Å². The van der Waals surface area contributed by atoms with Gasteiger partial charge in [-0.2, -0.15) is 4.98 Å². The Morgan fingerprint density at radius 2 is 2.04 bits per heavy atom. The number of benzene rings is 1. The summed E-state index contributed by atoms with van der Waals surface area (Å²) >= 11 is 0. The van der Waals surface area contributed by atoms with Gasteiger partial charge in [0.25, 0.3) is 5.91 Å². The molecular formula is C15H15N5O4. The molecule has 0 saturated carbocycles. The first-order valence-electron chi connectivity index (χ1n) is 7.29. The van der Waals surface area contributed by atoms with Gasteiger partial charge in [-0.25, -0.2) is 4.79 Å². The summed E-state index contributed by atoms with van der Waals surface area (Å²) in [4.78, 5) is 38.3. The molecule has 4 amide bonds. The highest BCUT2D eigenvalue weighted by atomic mass is 16.5. The van der Waals surface area contributed by atoms with Gasteiger partial charge in [0.15, 0.2) is 0 Å². The van der Waals surface area contributed by atoms with Crippen LogP contribution in [0.25, 0.3) is 11.4 Å². The molecule has 1 fully saturated rings. The van der Waals surface area contributed by atoms with E-state index >= 15 is 0 Å². The summed E-state index contributed by atoms with van der Waals surface area (Å²) in [6.07, 6.45) is -0.0994. The van der Waals surface area contributed by atoms with Crippen LogP contribution >= 0.6 is 0 Å². The number of rotatable bonds is 5. The first-order chi connectivity index (χ1) is 11.5. The van der Waals surface area contributed by atoms with E-state index in [0.717, 1.165) is 11.1 Å². The fourth-order valence-electron chi connectivity index (χ4n) is 2.25. The zero-order valence-corrected chi connectivity index (χ0v) is 12.8. The third-order valence-electron chi connectivity index (χ3n) is 3.48. The van der Waals surface area contributed by atoms with Crippen molar-refractivity contribution in [1.29, 1.82) is 0 Å². The molecule has 1 aliphatic heterocycles. The van der Waals surface area contributed by atoms with E-state index in [2.05, 4.69) is 26.1 Å². The lowest BCUT2D eigenvalue weighted by Crippen LogP contribution is -2.36. The second-order valence-corrected chi connectivity index (χ2v) is 5.33. The fourth-order valence-corrected chi connectivity index (χ4v) is 2.25. The molecule has 9 heteroatoms. The summed E-state index contributed by atoms with van der Waals surface area (Å²) in [7, 11) is 0. The number of nitrogens with zero attached hydrogens (tertiary/aromatic N) is 2. The maximum atomic E-state index is 11.8. The van der Waals surface area contributed by atoms with Crippen LogP contribution in [0.5, 0.6) is 0 Å². The zero-order valence-electron chi connectivity index (χ0n) is 12.8. The maximum absolute atomic E-state index is 11.8. The normalized spacial score (nSPS) is 16.6. The quantitative estimate of drug-likeness (QED) is 0.675. The van der Waals surface area contributed by atoms with Crippen molar-refractivity contribution in [2.45, 2.75) is 25.9 Å². The van der Waals surface area contributed by atoms with Crippen molar-refractivity contribution in [3.8, 4) is 11.4 Å². The highest BCUT2D eigenvalue weighted by Crippen LogP contribution is 2.16. The molecule has 1 atom stereocenters. The number of carbonyl (C=O) groups is 3. The number of urea groups is 1. The topological polar surface area (TPSA) is 126 Å². The van der Waals surface area contributed by atoms with Crippen molar-refractivity contribution in [2.75, 3.05) is 0 Å². The minimum atomic E-state index is -0.818. The smallest absolute Gasteiger partial charge is 0.322 e. The molecule has 9 nitrogen and oxygen atoms in total. The summed E-state index contributed by atoms with van der Waals surface area (Å²) in [5, 5.41) is 11.0. The first kappa shape index (κ1) is 15.7. The molecular weight excluding hydrogens is 314 g/mol. The largest absolute Gasteiger partial charge is 0.352 e. The minimum Gasteiger partial charge on any atom is -0.352 e. The van der Waals surface area contributed by atoms with Gasteiger partial charge in [-0.15, -0.1) is 0 Å². The lowest BCUT2D eigenvalue weighted by Gasteiger charge is -2.08. The van der Waals surface area contributed by atoms with Crippen molar-refractivity contribution in [2.24, 2.45) is 0 Å². The molecule has 0 radical (unpaired) electrons. The predicted molar refractivity (Wildman–Crippen MR) is 81.4 cm³/mol. The summed E-state index contributed by atoms with van der Waals surface area (Å²) in [6, 6.07) is 5.94. The SMILES string of the molecule is Cc1nc(-c2ccc(CNC(=O)CC3NC(=O)NC3=O)cc2)no1. The molecule has 0 aliphatic carbocycles. The predicted octanol–water partition coefficient (Wildman–Crippen LogP) is 0.259. The Balaban J connectivity index is 1.52. The highest BCUT2D eigenvalue weighted by molar-refractivity contribution is 6.05. The molecule has 0 spiro atoms. The van der Waals surface area contributed by atoms with Gasteiger partial charge in [0.05, 0.1) is 6.42 Å². The first-order valence-corrected chi connectivity index (χ1v) is 7.29. The number of hydrogen-bond acceptors (Lipinski definition) is 6. The average molecular weight is 329 g/mol. The monoisotopic (exact) mass is 329 g/mol. The van der Waals surface area contributed by atoms with Crippen LogP contribution in [0.3, 0.4) is 0 Å².